The summed E-state index contributed by atoms with van der Waals surface area (Å²) >= 11 is 0. The molecule has 0 aliphatic carbocycles. The van der Waals surface area contributed by atoms with Crippen molar-refractivity contribution in [2.24, 2.45) is 4.99 Å². The van der Waals surface area contributed by atoms with Crippen LogP contribution in [0.15, 0.2) is 41.4 Å². The number of carbonyl (C=O) groups is 1. The fourth-order valence-corrected chi connectivity index (χ4v) is 2.84. The number of nitrogens with zero attached hydrogens (tertiary/aromatic N) is 2. The van der Waals surface area contributed by atoms with Crippen LogP contribution in [0.4, 0.5) is 0 Å². The number of nitrogens with one attached hydrogen (secondary N) is 2. The summed E-state index contributed by atoms with van der Waals surface area (Å²) < 4.78 is 16.2. The molecule has 1 amide bonds. The Balaban J connectivity index is 0.00000480. The van der Waals surface area contributed by atoms with Gasteiger partial charge in [0.15, 0.2) is 17.5 Å². The van der Waals surface area contributed by atoms with E-state index in [1.807, 2.05) is 30.3 Å². The van der Waals surface area contributed by atoms with E-state index in [-0.39, 0.29) is 29.9 Å². The quantitative estimate of drug-likeness (QED) is 0.303. The molecule has 0 saturated carbocycles. The molecular formula is C22H31IN4O4. The maximum Gasteiger partial charge on any atom is 0.253 e. The van der Waals surface area contributed by atoms with Crippen molar-refractivity contribution in [3.63, 3.8) is 0 Å². The Kier molecular flexibility index (Phi) is 10.9. The predicted octanol–water partition coefficient (Wildman–Crippen LogP) is 2.90. The van der Waals surface area contributed by atoms with Gasteiger partial charge in [0.2, 0.25) is 0 Å². The van der Waals surface area contributed by atoms with Crippen molar-refractivity contribution in [2.45, 2.75) is 13.1 Å². The maximum absolute atomic E-state index is 12.0. The van der Waals surface area contributed by atoms with Crippen LogP contribution in [0.5, 0.6) is 17.2 Å². The Morgan fingerprint density at radius 1 is 0.903 bits per heavy atom. The molecule has 0 fully saturated rings. The molecule has 9 heteroatoms. The van der Waals surface area contributed by atoms with Crippen LogP contribution in [0.1, 0.15) is 21.5 Å². The van der Waals surface area contributed by atoms with Crippen molar-refractivity contribution in [3.05, 3.63) is 53.1 Å². The fraction of sp³-hybridized carbons (Fsp3) is 0.364. The maximum atomic E-state index is 12.0. The summed E-state index contributed by atoms with van der Waals surface area (Å²) in [5.41, 5.74) is 2.61. The summed E-state index contributed by atoms with van der Waals surface area (Å²) in [6.45, 7) is 1.05. The van der Waals surface area contributed by atoms with Crippen molar-refractivity contribution < 1.29 is 19.0 Å². The number of ether oxygens (including phenoxy) is 3. The number of hydrogen-bond acceptors (Lipinski definition) is 5. The van der Waals surface area contributed by atoms with E-state index >= 15 is 0 Å². The van der Waals surface area contributed by atoms with E-state index in [0.717, 1.165) is 11.1 Å². The SMILES string of the molecule is CN=C(NCc1ccc(C(=O)N(C)C)cc1)NCc1cc(OC)c(OC)cc1OC.I. The van der Waals surface area contributed by atoms with Crippen molar-refractivity contribution in [3.8, 4) is 17.2 Å². The first-order valence-corrected chi connectivity index (χ1v) is 9.47. The second-order valence-electron chi connectivity index (χ2n) is 6.69. The molecule has 31 heavy (non-hydrogen) atoms. The molecule has 2 aromatic carbocycles. The number of benzene rings is 2. The van der Waals surface area contributed by atoms with Crippen LogP contribution < -0.4 is 24.8 Å². The fourth-order valence-electron chi connectivity index (χ4n) is 2.84. The lowest BCUT2D eigenvalue weighted by Crippen LogP contribution is -2.36. The Hall–Kier alpha value is -2.69. The van der Waals surface area contributed by atoms with Gasteiger partial charge in [-0.1, -0.05) is 12.1 Å². The predicted molar refractivity (Wildman–Crippen MR) is 133 cm³/mol. The van der Waals surface area contributed by atoms with Gasteiger partial charge in [-0.25, -0.2) is 0 Å². The van der Waals surface area contributed by atoms with Gasteiger partial charge in [0.05, 0.1) is 21.3 Å². The Bertz CT molecular complexity index is 886. The zero-order chi connectivity index (χ0) is 22.1. The highest BCUT2D eigenvalue weighted by atomic mass is 127. The minimum Gasteiger partial charge on any atom is -0.496 e. The molecule has 0 atom stereocenters. The number of methoxy groups -OCH3 is 3. The number of rotatable bonds is 8. The number of guanidine groups is 1. The summed E-state index contributed by atoms with van der Waals surface area (Å²) in [7, 11) is 9.98. The number of aliphatic imine (C=N–C) groups is 1. The monoisotopic (exact) mass is 542 g/mol. The Labute approximate surface area is 201 Å². The van der Waals surface area contributed by atoms with Crippen LogP contribution in [0.2, 0.25) is 0 Å². The minimum absolute atomic E-state index is 0. The Morgan fingerprint density at radius 3 is 1.97 bits per heavy atom. The van der Waals surface area contributed by atoms with Gasteiger partial charge in [-0.2, -0.15) is 0 Å². The van der Waals surface area contributed by atoms with E-state index in [1.54, 1.807) is 53.4 Å². The first-order valence-electron chi connectivity index (χ1n) is 9.47. The highest BCUT2D eigenvalue weighted by Gasteiger charge is 2.12. The molecular weight excluding hydrogens is 511 g/mol. The lowest BCUT2D eigenvalue weighted by Gasteiger charge is -2.16. The summed E-state index contributed by atoms with van der Waals surface area (Å²) in [5, 5.41) is 6.53. The zero-order valence-electron chi connectivity index (χ0n) is 18.8. The van der Waals surface area contributed by atoms with E-state index in [4.69, 9.17) is 14.2 Å². The third kappa shape index (κ3) is 7.20. The third-order valence-corrected chi connectivity index (χ3v) is 4.52. The van der Waals surface area contributed by atoms with Crippen LogP contribution in [0.3, 0.4) is 0 Å². The molecule has 0 aliphatic rings. The smallest absolute Gasteiger partial charge is 0.253 e. The van der Waals surface area contributed by atoms with E-state index < -0.39 is 0 Å². The van der Waals surface area contributed by atoms with Gasteiger partial charge >= 0.3 is 0 Å². The number of carbonyl (C=O) groups excluding carboxylic acids is 1. The highest BCUT2D eigenvalue weighted by molar-refractivity contribution is 14.0. The molecule has 0 unspecified atom stereocenters. The van der Waals surface area contributed by atoms with Crippen molar-refractivity contribution >= 4 is 35.8 Å². The minimum atomic E-state index is -0.0177. The molecule has 170 valence electrons. The molecule has 0 saturated heterocycles. The number of halogens is 1. The molecule has 2 rings (SSSR count). The third-order valence-electron chi connectivity index (χ3n) is 4.52. The largest absolute Gasteiger partial charge is 0.496 e. The zero-order valence-corrected chi connectivity index (χ0v) is 21.1. The highest BCUT2D eigenvalue weighted by Crippen LogP contribution is 2.34. The average Bonchev–Trinajstić information content (AvgIpc) is 2.78. The van der Waals surface area contributed by atoms with Crippen LogP contribution in [0.25, 0.3) is 0 Å². The summed E-state index contributed by atoms with van der Waals surface area (Å²) in [5.74, 6) is 2.55. The topological polar surface area (TPSA) is 84.4 Å². The molecule has 0 aromatic heterocycles. The van der Waals surface area contributed by atoms with Gasteiger partial charge < -0.3 is 29.7 Å². The van der Waals surface area contributed by atoms with E-state index in [2.05, 4.69) is 15.6 Å². The second kappa shape index (κ2) is 12.9. The summed E-state index contributed by atoms with van der Waals surface area (Å²) in [6.07, 6.45) is 0. The average molecular weight is 542 g/mol. The molecule has 0 bridgehead atoms. The molecule has 0 heterocycles. The molecule has 2 aromatic rings. The summed E-state index contributed by atoms with van der Waals surface area (Å²) in [6, 6.07) is 11.2. The van der Waals surface area contributed by atoms with E-state index in [0.29, 0.717) is 41.9 Å². The van der Waals surface area contributed by atoms with Crippen LogP contribution in [-0.4, -0.2) is 59.2 Å². The molecule has 8 nitrogen and oxygen atoms in total. The molecule has 0 spiro atoms. The first kappa shape index (κ1) is 26.3. The number of hydrogen-bond donors (Lipinski definition) is 2. The van der Waals surface area contributed by atoms with E-state index in [1.165, 1.54) is 0 Å². The second-order valence-corrected chi connectivity index (χ2v) is 6.69. The van der Waals surface area contributed by atoms with Crippen molar-refractivity contribution in [2.75, 3.05) is 42.5 Å². The molecule has 0 aliphatic heterocycles. The standard InChI is InChI=1S/C22H30N4O4.HI/c1-23-22(24-13-15-7-9-16(10-8-15)21(27)26(2)3)25-14-17-11-19(29-5)20(30-6)12-18(17)28-4;/h7-12H,13-14H2,1-6H3,(H2,23,24,25);1H. The lowest BCUT2D eigenvalue weighted by molar-refractivity contribution is 0.0827. The van der Waals surface area contributed by atoms with Crippen molar-refractivity contribution in [1.29, 1.82) is 0 Å². The van der Waals surface area contributed by atoms with Gasteiger partial charge in [-0.3, -0.25) is 9.79 Å². The lowest BCUT2D eigenvalue weighted by atomic mass is 10.1. The van der Waals surface area contributed by atoms with Gasteiger partial charge in [0.1, 0.15) is 5.75 Å². The van der Waals surface area contributed by atoms with Crippen LogP contribution >= 0.6 is 24.0 Å². The van der Waals surface area contributed by atoms with Crippen LogP contribution in [0, 0.1) is 0 Å². The first-order chi connectivity index (χ1) is 14.4. The van der Waals surface area contributed by atoms with Gasteiger partial charge in [-0.15, -0.1) is 24.0 Å². The van der Waals surface area contributed by atoms with Gasteiger partial charge in [-0.05, 0) is 23.8 Å². The van der Waals surface area contributed by atoms with Crippen LogP contribution in [-0.2, 0) is 13.1 Å². The number of amides is 1. The molecule has 2 N–H and O–H groups in total. The van der Waals surface area contributed by atoms with E-state index in [9.17, 15) is 4.79 Å². The normalized spacial score (nSPS) is 10.6. The van der Waals surface area contributed by atoms with Crippen molar-refractivity contribution in [1.82, 2.24) is 15.5 Å². The summed E-state index contributed by atoms with van der Waals surface area (Å²) in [4.78, 5) is 17.8. The molecule has 0 radical (unpaired) electrons. The Morgan fingerprint density at radius 2 is 1.45 bits per heavy atom. The van der Waals surface area contributed by atoms with Gasteiger partial charge in [0.25, 0.3) is 5.91 Å². The van der Waals surface area contributed by atoms with Gasteiger partial charge in [0, 0.05) is 51.4 Å².